The summed E-state index contributed by atoms with van der Waals surface area (Å²) in [6, 6.07) is 40.6. The van der Waals surface area contributed by atoms with Gasteiger partial charge in [-0.2, -0.15) is 0 Å². The smallest absolute Gasteiger partial charge is 0.263 e. The molecule has 0 amide bonds. The Morgan fingerprint density at radius 1 is 0.535 bits per heavy atom. The van der Waals surface area contributed by atoms with Crippen molar-refractivity contribution in [2.24, 2.45) is 0 Å². The van der Waals surface area contributed by atoms with Crippen LogP contribution >= 0.6 is 0 Å². The van der Waals surface area contributed by atoms with E-state index in [9.17, 15) is 4.79 Å². The van der Waals surface area contributed by atoms with Gasteiger partial charge in [-0.05, 0) is 87.3 Å². The fourth-order valence-electron chi connectivity index (χ4n) is 7.85. The monoisotopic (exact) mass is 551 g/mol. The third-order valence-electron chi connectivity index (χ3n) is 9.93. The zero-order chi connectivity index (χ0) is 28.6. The molecule has 0 atom stereocenters. The van der Waals surface area contributed by atoms with Crippen LogP contribution in [0.5, 0.6) is 0 Å². The first-order chi connectivity index (χ1) is 21.0. The second-order valence-corrected chi connectivity index (χ2v) is 12.5. The van der Waals surface area contributed by atoms with Gasteiger partial charge in [-0.3, -0.25) is 9.20 Å². The Bertz CT molecular complexity index is 2720. The number of furan rings is 1. The molecule has 0 N–H and O–H groups in total. The minimum atomic E-state index is -0.150. The van der Waals surface area contributed by atoms with Gasteiger partial charge in [-0.25, -0.2) is 0 Å². The number of nitrogens with zero attached hydrogens (tertiary/aromatic N) is 1. The highest BCUT2D eigenvalue weighted by Gasteiger charge is 2.36. The molecule has 0 bridgehead atoms. The number of hydrogen-bond acceptors (Lipinski definition) is 2. The zero-order valence-electron chi connectivity index (χ0n) is 23.7. The highest BCUT2D eigenvalue weighted by Crippen LogP contribution is 2.51. The van der Waals surface area contributed by atoms with Crippen molar-refractivity contribution >= 4 is 59.9 Å². The van der Waals surface area contributed by atoms with Crippen molar-refractivity contribution in [1.82, 2.24) is 4.40 Å². The predicted octanol–water partition coefficient (Wildman–Crippen LogP) is 10.1. The fraction of sp³-hybridized carbons (Fsp3) is 0.0750. The third kappa shape index (κ3) is 2.82. The molecular formula is C40H25NO2. The van der Waals surface area contributed by atoms with Gasteiger partial charge < -0.3 is 4.42 Å². The van der Waals surface area contributed by atoms with E-state index in [4.69, 9.17) is 4.42 Å². The summed E-state index contributed by atoms with van der Waals surface area (Å²) < 4.78 is 8.10. The normalized spacial score (nSPS) is 14.1. The van der Waals surface area contributed by atoms with Crippen molar-refractivity contribution in [3.8, 4) is 22.3 Å². The Labute approximate surface area is 246 Å². The molecular weight excluding hydrogens is 526 g/mol. The standard InChI is InChI=1S/C40H25NO2/c1-40(2)33-13-7-5-10-25(33)28-20-29-32-19-23(22-15-16-37-30(17-22)26-11-6-8-14-36(26)43-37)18-31-24-9-3-4-12-27(24)39(42)41(38(31)32)35(29)21-34(28)40/h3-21H,1-2H3. The number of para-hydroxylation sites is 1. The number of hydrogen-bond donors (Lipinski definition) is 0. The molecule has 0 unspecified atom stereocenters. The first-order valence-corrected chi connectivity index (χ1v) is 14.8. The van der Waals surface area contributed by atoms with Crippen LogP contribution in [0.25, 0.3) is 82.2 Å². The second kappa shape index (κ2) is 7.70. The second-order valence-electron chi connectivity index (χ2n) is 12.5. The molecule has 1 aliphatic carbocycles. The van der Waals surface area contributed by atoms with Crippen molar-refractivity contribution in [3.63, 3.8) is 0 Å². The van der Waals surface area contributed by atoms with Gasteiger partial charge >= 0.3 is 0 Å². The van der Waals surface area contributed by atoms with Crippen LogP contribution in [0.15, 0.2) is 124 Å². The van der Waals surface area contributed by atoms with Crippen molar-refractivity contribution in [1.29, 1.82) is 0 Å². The van der Waals surface area contributed by atoms with Crippen LogP contribution in [0.1, 0.15) is 25.0 Å². The van der Waals surface area contributed by atoms with Crippen LogP contribution in [-0.2, 0) is 5.41 Å². The molecule has 202 valence electrons. The Kier molecular flexibility index (Phi) is 4.15. The van der Waals surface area contributed by atoms with Crippen molar-refractivity contribution in [2.75, 3.05) is 0 Å². The summed E-state index contributed by atoms with van der Waals surface area (Å²) in [6.07, 6.45) is 0. The molecule has 3 nitrogen and oxygen atoms in total. The molecule has 3 heteroatoms. The summed E-state index contributed by atoms with van der Waals surface area (Å²) in [4.78, 5) is 14.2. The molecule has 3 heterocycles. The molecule has 9 aromatic rings. The minimum Gasteiger partial charge on any atom is -0.456 e. The van der Waals surface area contributed by atoms with Crippen LogP contribution < -0.4 is 5.56 Å². The highest BCUT2D eigenvalue weighted by atomic mass is 16.3. The Morgan fingerprint density at radius 3 is 2.07 bits per heavy atom. The molecule has 0 aliphatic heterocycles. The summed E-state index contributed by atoms with van der Waals surface area (Å²) in [5.41, 5.74) is 11.0. The number of rotatable bonds is 1. The van der Waals surface area contributed by atoms with Crippen LogP contribution in [0.3, 0.4) is 0 Å². The van der Waals surface area contributed by atoms with Crippen LogP contribution in [0, 0.1) is 0 Å². The first-order valence-electron chi connectivity index (χ1n) is 14.8. The molecule has 1 aliphatic rings. The van der Waals surface area contributed by atoms with Crippen LogP contribution in [0.2, 0.25) is 0 Å². The minimum absolute atomic E-state index is 0.0374. The van der Waals surface area contributed by atoms with Gasteiger partial charge in [0.2, 0.25) is 0 Å². The lowest BCUT2D eigenvalue weighted by molar-refractivity contribution is 0.661. The number of aromatic nitrogens is 1. The van der Waals surface area contributed by atoms with Crippen molar-refractivity contribution < 1.29 is 4.42 Å². The Hall–Kier alpha value is -5.41. The van der Waals surface area contributed by atoms with E-state index in [1.165, 1.54) is 22.3 Å². The van der Waals surface area contributed by atoms with E-state index in [2.05, 4.69) is 98.8 Å². The van der Waals surface area contributed by atoms with E-state index in [1.54, 1.807) is 0 Å². The molecule has 0 radical (unpaired) electrons. The SMILES string of the molecule is CC1(C)c2ccccc2-c2cc3c4cc(-c5ccc6oc7ccccc7c6c5)cc5c6ccccc6c(=O)n(c3cc21)c54. The maximum absolute atomic E-state index is 14.2. The number of fused-ring (bicyclic) bond motifs is 11. The molecule has 43 heavy (non-hydrogen) atoms. The maximum Gasteiger partial charge on any atom is 0.263 e. The van der Waals surface area contributed by atoms with Crippen LogP contribution in [0.4, 0.5) is 0 Å². The van der Waals surface area contributed by atoms with E-state index < -0.39 is 0 Å². The first kappa shape index (κ1) is 23.2. The summed E-state index contributed by atoms with van der Waals surface area (Å²) in [7, 11) is 0. The fourth-order valence-corrected chi connectivity index (χ4v) is 7.85. The average Bonchev–Trinajstić information content (AvgIpc) is 3.65. The zero-order valence-corrected chi connectivity index (χ0v) is 23.7. The molecule has 0 saturated heterocycles. The van der Waals surface area contributed by atoms with Gasteiger partial charge in [-0.1, -0.05) is 80.6 Å². The van der Waals surface area contributed by atoms with Gasteiger partial charge in [-0.15, -0.1) is 0 Å². The Morgan fingerprint density at radius 2 is 1.21 bits per heavy atom. The van der Waals surface area contributed by atoms with Gasteiger partial charge in [0.1, 0.15) is 11.2 Å². The lowest BCUT2D eigenvalue weighted by Crippen LogP contribution is -2.16. The summed E-state index contributed by atoms with van der Waals surface area (Å²) in [5.74, 6) is 0. The molecule has 0 spiro atoms. The van der Waals surface area contributed by atoms with Gasteiger partial charge in [0.15, 0.2) is 0 Å². The largest absolute Gasteiger partial charge is 0.456 e. The summed E-state index contributed by atoms with van der Waals surface area (Å²) in [5, 5.41) is 7.26. The van der Waals surface area contributed by atoms with Gasteiger partial charge in [0.25, 0.3) is 5.56 Å². The quantitative estimate of drug-likeness (QED) is 0.190. The molecule has 0 fully saturated rings. The summed E-state index contributed by atoms with van der Waals surface area (Å²) >= 11 is 0. The predicted molar refractivity (Wildman–Crippen MR) is 178 cm³/mol. The third-order valence-corrected chi connectivity index (χ3v) is 9.93. The van der Waals surface area contributed by atoms with Crippen LogP contribution in [-0.4, -0.2) is 4.40 Å². The molecule has 6 aromatic carbocycles. The number of pyridine rings is 1. The summed E-state index contributed by atoms with van der Waals surface area (Å²) in [6.45, 7) is 4.58. The topological polar surface area (TPSA) is 34.6 Å². The van der Waals surface area contributed by atoms with E-state index in [0.29, 0.717) is 0 Å². The maximum atomic E-state index is 14.2. The molecule has 0 saturated carbocycles. The lowest BCUT2D eigenvalue weighted by atomic mass is 9.82. The van der Waals surface area contributed by atoms with E-state index in [-0.39, 0.29) is 11.0 Å². The van der Waals surface area contributed by atoms with Gasteiger partial charge in [0.05, 0.1) is 11.0 Å². The van der Waals surface area contributed by atoms with Crippen molar-refractivity contribution in [3.05, 3.63) is 137 Å². The van der Waals surface area contributed by atoms with Gasteiger partial charge in [0, 0.05) is 37.7 Å². The van der Waals surface area contributed by atoms with E-state index in [1.807, 2.05) is 34.7 Å². The van der Waals surface area contributed by atoms with Crippen molar-refractivity contribution in [2.45, 2.75) is 19.3 Å². The average molecular weight is 552 g/mol. The van der Waals surface area contributed by atoms with E-state index in [0.717, 1.165) is 71.0 Å². The Balaban J connectivity index is 1.37. The van der Waals surface area contributed by atoms with E-state index >= 15 is 0 Å². The lowest BCUT2D eigenvalue weighted by Gasteiger charge is -2.21. The highest BCUT2D eigenvalue weighted by molar-refractivity contribution is 6.22. The molecule has 10 rings (SSSR count). The molecule has 3 aromatic heterocycles. The number of benzene rings is 6.